The number of halogens is 4. The number of H-pyrrole nitrogens is 1. The maximum Gasteiger partial charge on any atom is 0.339 e. The summed E-state index contributed by atoms with van der Waals surface area (Å²) in [5.41, 5.74) is 1.56. The second kappa shape index (κ2) is 13.9. The molecule has 10 nitrogen and oxygen atoms in total. The van der Waals surface area contributed by atoms with Gasteiger partial charge in [-0.05, 0) is 51.4 Å². The highest BCUT2D eigenvalue weighted by atomic mass is 36.0. The molecule has 15 heteroatoms. The predicted octanol–water partition coefficient (Wildman–Crippen LogP) is 8.07. The van der Waals surface area contributed by atoms with Crippen LogP contribution < -0.4 is 5.56 Å². The summed E-state index contributed by atoms with van der Waals surface area (Å²) in [6.45, 7) is 0. The van der Waals surface area contributed by atoms with Crippen LogP contribution in [-0.2, 0) is 4.57 Å². The SMILES string of the molecule is O=P(Cl)(Cl)Cl.O=[N+]([O-])c1ccc(-c2ccccc2)nc1Cl.O=c1[nH]c(-c2ccccc2)ccc1[N+](=O)[O-]. The first-order valence-corrected chi connectivity index (χ1v) is 14.7. The summed E-state index contributed by atoms with van der Waals surface area (Å²) in [6, 6.07) is 24.2. The Labute approximate surface area is 228 Å². The third-order valence-electron chi connectivity index (χ3n) is 4.27. The Hall–Kier alpha value is -3.27. The quantitative estimate of drug-likeness (QED) is 0.107. The van der Waals surface area contributed by atoms with Gasteiger partial charge in [0.15, 0.2) is 0 Å². The molecule has 0 aliphatic carbocycles. The molecule has 0 bridgehead atoms. The van der Waals surface area contributed by atoms with Crippen molar-refractivity contribution in [1.82, 2.24) is 9.97 Å². The molecule has 0 aliphatic rings. The number of benzene rings is 2. The number of nitro groups is 2. The molecule has 0 radical (unpaired) electrons. The zero-order valence-corrected chi connectivity index (χ0v) is 22.3. The van der Waals surface area contributed by atoms with E-state index in [4.69, 9.17) is 11.6 Å². The van der Waals surface area contributed by atoms with E-state index in [2.05, 4.69) is 43.7 Å². The van der Waals surface area contributed by atoms with Crippen molar-refractivity contribution in [2.45, 2.75) is 0 Å². The van der Waals surface area contributed by atoms with Crippen LogP contribution in [-0.4, -0.2) is 19.8 Å². The molecule has 2 heterocycles. The highest BCUT2D eigenvalue weighted by Gasteiger charge is 2.14. The van der Waals surface area contributed by atoms with Crippen LogP contribution in [0.1, 0.15) is 0 Å². The zero-order valence-electron chi connectivity index (χ0n) is 18.3. The van der Waals surface area contributed by atoms with Crippen molar-refractivity contribution < 1.29 is 14.4 Å². The third kappa shape index (κ3) is 10.3. The van der Waals surface area contributed by atoms with E-state index < -0.39 is 26.3 Å². The van der Waals surface area contributed by atoms with E-state index >= 15 is 0 Å². The van der Waals surface area contributed by atoms with Gasteiger partial charge in [-0.25, -0.2) is 4.98 Å². The molecule has 37 heavy (non-hydrogen) atoms. The molecular formula is C22H15Cl4N4O6P. The second-order valence-electron chi connectivity index (χ2n) is 6.74. The summed E-state index contributed by atoms with van der Waals surface area (Å²) in [7, 11) is 0. The van der Waals surface area contributed by atoms with E-state index in [0.717, 1.165) is 11.1 Å². The molecule has 0 saturated carbocycles. The van der Waals surface area contributed by atoms with Crippen LogP contribution in [0.25, 0.3) is 22.5 Å². The number of hydrogen-bond donors (Lipinski definition) is 1. The highest BCUT2D eigenvalue weighted by molar-refractivity contribution is 8.24. The highest BCUT2D eigenvalue weighted by Crippen LogP contribution is 2.61. The topological polar surface area (TPSA) is 149 Å². The summed E-state index contributed by atoms with van der Waals surface area (Å²) < 4.78 is 9.51. The van der Waals surface area contributed by atoms with Crippen LogP contribution in [0.3, 0.4) is 0 Å². The lowest BCUT2D eigenvalue weighted by Gasteiger charge is -2.01. The first kappa shape index (κ1) is 30.0. The Morgan fingerprint density at radius 2 is 1.19 bits per heavy atom. The minimum atomic E-state index is -3.22. The van der Waals surface area contributed by atoms with Crippen molar-refractivity contribution in [3.63, 3.8) is 0 Å². The molecular weight excluding hydrogens is 589 g/mol. The van der Waals surface area contributed by atoms with Crippen molar-refractivity contribution in [3.8, 4) is 22.5 Å². The molecule has 4 aromatic rings. The molecule has 0 spiro atoms. The van der Waals surface area contributed by atoms with Gasteiger partial charge < -0.3 is 4.98 Å². The molecule has 0 aliphatic heterocycles. The molecule has 192 valence electrons. The Kier molecular flexibility index (Phi) is 11.2. The average molecular weight is 604 g/mol. The van der Waals surface area contributed by atoms with Crippen LogP contribution in [0.2, 0.25) is 5.15 Å². The third-order valence-corrected chi connectivity index (χ3v) is 4.54. The molecule has 1 N–H and O–H groups in total. The average Bonchev–Trinajstić information content (AvgIpc) is 2.84. The van der Waals surface area contributed by atoms with Crippen LogP contribution in [0.5, 0.6) is 0 Å². The molecule has 0 fully saturated rings. The Bertz CT molecular complexity index is 1480. The Morgan fingerprint density at radius 3 is 1.62 bits per heavy atom. The number of nitrogens with one attached hydrogen (secondary N) is 1. The Morgan fingerprint density at radius 1 is 0.730 bits per heavy atom. The van der Waals surface area contributed by atoms with Crippen LogP contribution in [0.4, 0.5) is 11.4 Å². The molecule has 0 saturated heterocycles. The van der Waals surface area contributed by atoms with Gasteiger partial charge in [-0.2, -0.15) is 0 Å². The zero-order chi connectivity index (χ0) is 27.6. The maximum absolute atomic E-state index is 11.4. The van der Waals surface area contributed by atoms with Crippen molar-refractivity contribution >= 4 is 61.9 Å². The number of pyridine rings is 2. The lowest BCUT2D eigenvalue weighted by atomic mass is 10.1. The lowest BCUT2D eigenvalue weighted by Crippen LogP contribution is -2.11. The first-order chi connectivity index (χ1) is 17.4. The summed E-state index contributed by atoms with van der Waals surface area (Å²) in [4.78, 5) is 37.6. The fourth-order valence-corrected chi connectivity index (χ4v) is 2.95. The standard InChI is InChI=1S/C11H7ClN2O2.C11H8N2O3.Cl3OP/c12-11-10(14(15)16)7-6-9(13-11)8-4-2-1-3-5-8;14-11-10(13(15)16)7-6-9(12-11)8-4-2-1-3-5-8;1-5(2,3)4/h1-7H;1-7H,(H,12,14);. The minimum Gasteiger partial charge on any atom is -0.316 e. The molecule has 0 atom stereocenters. The molecule has 4 rings (SSSR count). The Balaban J connectivity index is 0.000000221. The van der Waals surface area contributed by atoms with Crippen LogP contribution in [0, 0.1) is 20.2 Å². The number of rotatable bonds is 4. The number of nitrogens with zero attached hydrogens (tertiary/aromatic N) is 3. The number of hydrogen-bond acceptors (Lipinski definition) is 7. The summed E-state index contributed by atoms with van der Waals surface area (Å²) in [5, 5.41) is 17.7. The van der Waals surface area contributed by atoms with Gasteiger partial charge in [0, 0.05) is 23.4 Å². The van der Waals surface area contributed by atoms with Gasteiger partial charge in [-0.3, -0.25) is 29.6 Å². The summed E-state index contributed by atoms with van der Waals surface area (Å²) in [6.07, 6.45) is 0. The van der Waals surface area contributed by atoms with Gasteiger partial charge in [-0.1, -0.05) is 72.3 Å². The lowest BCUT2D eigenvalue weighted by molar-refractivity contribution is -0.386. The molecule has 2 aromatic carbocycles. The first-order valence-electron chi connectivity index (χ1n) is 9.85. The van der Waals surface area contributed by atoms with E-state index in [0.29, 0.717) is 11.4 Å². The van der Waals surface area contributed by atoms with E-state index in [-0.39, 0.29) is 10.8 Å². The van der Waals surface area contributed by atoms with Gasteiger partial charge in [-0.15, -0.1) is 0 Å². The van der Waals surface area contributed by atoms with E-state index in [1.54, 1.807) is 6.07 Å². The van der Waals surface area contributed by atoms with E-state index in [1.807, 2.05) is 60.7 Å². The molecule has 2 aromatic heterocycles. The second-order valence-corrected chi connectivity index (χ2v) is 13.7. The maximum atomic E-state index is 11.4. The van der Waals surface area contributed by atoms with Gasteiger partial charge >= 0.3 is 22.1 Å². The summed E-state index contributed by atoms with van der Waals surface area (Å²) in [5.74, 6) is 0. The minimum absolute atomic E-state index is 0.0913. The number of aromatic amines is 1. The van der Waals surface area contributed by atoms with Crippen molar-refractivity contribution in [3.05, 3.63) is 121 Å². The van der Waals surface area contributed by atoms with E-state index in [1.165, 1.54) is 18.2 Å². The van der Waals surface area contributed by atoms with Crippen LogP contribution >= 0.6 is 50.5 Å². The van der Waals surface area contributed by atoms with E-state index in [9.17, 15) is 29.6 Å². The monoisotopic (exact) mass is 602 g/mol. The van der Waals surface area contributed by atoms with Crippen molar-refractivity contribution in [1.29, 1.82) is 0 Å². The van der Waals surface area contributed by atoms with Gasteiger partial charge in [0.25, 0.3) is 0 Å². The van der Waals surface area contributed by atoms with Gasteiger partial charge in [0.1, 0.15) is 0 Å². The smallest absolute Gasteiger partial charge is 0.316 e. The largest absolute Gasteiger partial charge is 0.339 e. The van der Waals surface area contributed by atoms with Gasteiger partial charge in [0.05, 0.1) is 15.5 Å². The fraction of sp³-hybridized carbons (Fsp3) is 0. The van der Waals surface area contributed by atoms with Crippen molar-refractivity contribution in [2.24, 2.45) is 0 Å². The van der Waals surface area contributed by atoms with Gasteiger partial charge in [0.2, 0.25) is 5.15 Å². The van der Waals surface area contributed by atoms with Crippen molar-refractivity contribution in [2.75, 3.05) is 0 Å². The van der Waals surface area contributed by atoms with Crippen LogP contribution in [0.15, 0.2) is 89.7 Å². The predicted molar refractivity (Wildman–Crippen MR) is 146 cm³/mol. The molecule has 0 amide bonds. The summed E-state index contributed by atoms with van der Waals surface area (Å²) >= 11 is 19.6. The fourth-order valence-electron chi connectivity index (χ4n) is 2.73. The normalized spacial score (nSPS) is 10.3. The number of aromatic nitrogens is 2. The molecule has 0 unspecified atom stereocenters.